The highest BCUT2D eigenvalue weighted by atomic mass is 16.3. The Balaban J connectivity index is 2.32. The van der Waals surface area contributed by atoms with Gasteiger partial charge < -0.3 is 16.2 Å². The van der Waals surface area contributed by atoms with Gasteiger partial charge in [0.25, 0.3) is 0 Å². The van der Waals surface area contributed by atoms with E-state index in [1.807, 2.05) is 13.8 Å². The topological polar surface area (TPSA) is 75.3 Å². The smallest absolute Gasteiger partial charge is 0.221 e. The summed E-state index contributed by atoms with van der Waals surface area (Å²) >= 11 is 0. The summed E-state index contributed by atoms with van der Waals surface area (Å²) in [6, 6.07) is 0. The molecule has 0 aromatic heterocycles. The molecule has 0 spiro atoms. The first-order valence-corrected chi connectivity index (χ1v) is 7.02. The second-order valence-electron chi connectivity index (χ2n) is 6.52. The average molecular weight is 256 g/mol. The van der Waals surface area contributed by atoms with Gasteiger partial charge in [-0.25, -0.2) is 0 Å². The van der Waals surface area contributed by atoms with Crippen LogP contribution in [0.4, 0.5) is 0 Å². The Labute approximate surface area is 110 Å². The number of carbonyl (C=O) groups excluding carboxylic acids is 1. The van der Waals surface area contributed by atoms with Gasteiger partial charge in [-0.05, 0) is 45.4 Å². The van der Waals surface area contributed by atoms with Crippen LogP contribution in [0, 0.1) is 5.92 Å². The summed E-state index contributed by atoms with van der Waals surface area (Å²) in [5.74, 6) is 0.664. The van der Waals surface area contributed by atoms with Crippen LogP contribution in [-0.2, 0) is 4.79 Å². The van der Waals surface area contributed by atoms with E-state index in [0.29, 0.717) is 13.0 Å². The van der Waals surface area contributed by atoms with Crippen LogP contribution in [0.5, 0.6) is 0 Å². The third-order valence-electron chi connectivity index (χ3n) is 3.84. The van der Waals surface area contributed by atoms with Crippen molar-refractivity contribution in [2.24, 2.45) is 11.7 Å². The van der Waals surface area contributed by atoms with Gasteiger partial charge in [0.05, 0.1) is 5.60 Å². The second kappa shape index (κ2) is 6.02. The molecule has 0 bridgehead atoms. The highest BCUT2D eigenvalue weighted by Gasteiger charge is 2.33. The Morgan fingerprint density at radius 3 is 2.44 bits per heavy atom. The van der Waals surface area contributed by atoms with Crippen LogP contribution in [0.15, 0.2) is 0 Å². The fourth-order valence-corrected chi connectivity index (χ4v) is 2.54. The van der Waals surface area contributed by atoms with Crippen molar-refractivity contribution in [1.29, 1.82) is 0 Å². The molecule has 0 heterocycles. The molecule has 4 nitrogen and oxygen atoms in total. The number of rotatable bonds is 5. The second-order valence-corrected chi connectivity index (χ2v) is 6.52. The Morgan fingerprint density at radius 2 is 2.00 bits per heavy atom. The molecule has 0 unspecified atom stereocenters. The van der Waals surface area contributed by atoms with Gasteiger partial charge in [-0.15, -0.1) is 0 Å². The molecule has 0 aliphatic heterocycles. The van der Waals surface area contributed by atoms with Crippen LogP contribution in [0.25, 0.3) is 0 Å². The molecule has 0 aromatic rings. The van der Waals surface area contributed by atoms with Gasteiger partial charge >= 0.3 is 0 Å². The summed E-state index contributed by atoms with van der Waals surface area (Å²) in [5.41, 5.74) is 4.59. The molecule has 106 valence electrons. The van der Waals surface area contributed by atoms with Crippen molar-refractivity contribution in [3.63, 3.8) is 0 Å². The number of aliphatic hydroxyl groups is 1. The minimum Gasteiger partial charge on any atom is -0.388 e. The normalized spacial score (nSPS) is 29.1. The molecule has 4 heteroatoms. The van der Waals surface area contributed by atoms with Crippen molar-refractivity contribution in [3.05, 3.63) is 0 Å². The molecule has 1 fully saturated rings. The van der Waals surface area contributed by atoms with E-state index in [1.54, 1.807) is 0 Å². The van der Waals surface area contributed by atoms with Crippen molar-refractivity contribution in [2.75, 3.05) is 6.54 Å². The largest absolute Gasteiger partial charge is 0.388 e. The maximum absolute atomic E-state index is 11.7. The molecule has 1 aliphatic rings. The maximum Gasteiger partial charge on any atom is 0.221 e. The predicted molar refractivity (Wildman–Crippen MR) is 73.1 cm³/mol. The Hall–Kier alpha value is -0.610. The van der Waals surface area contributed by atoms with Gasteiger partial charge in [-0.3, -0.25) is 4.79 Å². The van der Waals surface area contributed by atoms with E-state index in [-0.39, 0.29) is 5.91 Å². The molecule has 1 saturated carbocycles. The molecule has 1 aliphatic carbocycles. The first kappa shape index (κ1) is 15.4. The molecule has 0 atom stereocenters. The van der Waals surface area contributed by atoms with Gasteiger partial charge in [0.2, 0.25) is 5.91 Å². The summed E-state index contributed by atoms with van der Waals surface area (Å²) in [5, 5.41) is 13.2. The van der Waals surface area contributed by atoms with Crippen LogP contribution in [-0.4, -0.2) is 28.7 Å². The van der Waals surface area contributed by atoms with Crippen molar-refractivity contribution in [3.8, 4) is 0 Å². The SMILES string of the molecule is CCC1CCC(O)(CNC(=O)CC(C)(C)N)CC1. The first-order chi connectivity index (χ1) is 8.24. The lowest BCUT2D eigenvalue weighted by molar-refractivity contribution is -0.123. The first-order valence-electron chi connectivity index (χ1n) is 7.02. The van der Waals surface area contributed by atoms with Gasteiger partial charge in [-0.2, -0.15) is 0 Å². The van der Waals surface area contributed by atoms with E-state index in [0.717, 1.165) is 31.6 Å². The maximum atomic E-state index is 11.7. The van der Waals surface area contributed by atoms with Crippen LogP contribution in [0.1, 0.15) is 59.3 Å². The van der Waals surface area contributed by atoms with Crippen LogP contribution >= 0.6 is 0 Å². The van der Waals surface area contributed by atoms with Gasteiger partial charge in [0, 0.05) is 18.5 Å². The molecule has 18 heavy (non-hydrogen) atoms. The van der Waals surface area contributed by atoms with Gasteiger partial charge in [-0.1, -0.05) is 13.3 Å². The number of hydrogen-bond acceptors (Lipinski definition) is 3. The summed E-state index contributed by atoms with van der Waals surface area (Å²) in [6.07, 6.45) is 5.18. The standard InChI is InChI=1S/C14H28N2O2/c1-4-11-5-7-14(18,8-6-11)10-16-12(17)9-13(2,3)15/h11,18H,4-10,15H2,1-3H3,(H,16,17). The highest BCUT2D eigenvalue weighted by Crippen LogP contribution is 2.33. The molecule has 0 aromatic carbocycles. The molecule has 0 saturated heterocycles. The quantitative estimate of drug-likeness (QED) is 0.699. The number of hydrogen-bond donors (Lipinski definition) is 3. The molecule has 0 radical (unpaired) electrons. The van der Waals surface area contributed by atoms with Crippen molar-refractivity contribution in [1.82, 2.24) is 5.32 Å². The summed E-state index contributed by atoms with van der Waals surface area (Å²) in [7, 11) is 0. The molecular weight excluding hydrogens is 228 g/mol. The predicted octanol–water partition coefficient (Wildman–Crippen LogP) is 1.56. The number of amides is 1. The Kier molecular flexibility index (Phi) is 5.17. The van der Waals surface area contributed by atoms with Crippen LogP contribution < -0.4 is 11.1 Å². The Bertz CT molecular complexity index is 276. The van der Waals surface area contributed by atoms with E-state index in [1.165, 1.54) is 6.42 Å². The number of nitrogens with one attached hydrogen (secondary N) is 1. The van der Waals surface area contributed by atoms with E-state index < -0.39 is 11.1 Å². The molecular formula is C14H28N2O2. The number of carbonyl (C=O) groups is 1. The minimum atomic E-state index is -0.708. The number of nitrogens with two attached hydrogens (primary N) is 1. The van der Waals surface area contributed by atoms with E-state index in [4.69, 9.17) is 5.73 Å². The third kappa shape index (κ3) is 5.36. The molecule has 1 rings (SSSR count). The third-order valence-corrected chi connectivity index (χ3v) is 3.84. The molecule has 1 amide bonds. The fraction of sp³-hybridized carbons (Fsp3) is 0.929. The zero-order chi connectivity index (χ0) is 13.8. The van der Waals surface area contributed by atoms with Crippen molar-refractivity contribution in [2.45, 2.75) is 70.4 Å². The zero-order valence-electron chi connectivity index (χ0n) is 12.0. The Morgan fingerprint density at radius 1 is 1.44 bits per heavy atom. The zero-order valence-corrected chi connectivity index (χ0v) is 12.0. The minimum absolute atomic E-state index is 0.0754. The monoisotopic (exact) mass is 256 g/mol. The lowest BCUT2D eigenvalue weighted by atomic mass is 9.78. The fourth-order valence-electron chi connectivity index (χ4n) is 2.54. The van der Waals surface area contributed by atoms with Crippen molar-refractivity contribution >= 4 is 5.91 Å². The molecule has 4 N–H and O–H groups in total. The summed E-state index contributed by atoms with van der Waals surface area (Å²) in [4.78, 5) is 11.7. The van der Waals surface area contributed by atoms with E-state index >= 15 is 0 Å². The van der Waals surface area contributed by atoms with E-state index in [9.17, 15) is 9.90 Å². The van der Waals surface area contributed by atoms with E-state index in [2.05, 4.69) is 12.2 Å². The lowest BCUT2D eigenvalue weighted by Gasteiger charge is -2.36. The van der Waals surface area contributed by atoms with Crippen LogP contribution in [0.3, 0.4) is 0 Å². The van der Waals surface area contributed by atoms with Gasteiger partial charge in [0.15, 0.2) is 0 Å². The van der Waals surface area contributed by atoms with Crippen molar-refractivity contribution < 1.29 is 9.90 Å². The summed E-state index contributed by atoms with van der Waals surface area (Å²) < 4.78 is 0. The summed E-state index contributed by atoms with van der Waals surface area (Å²) in [6.45, 7) is 6.21. The lowest BCUT2D eigenvalue weighted by Crippen LogP contribution is -2.47. The van der Waals surface area contributed by atoms with Gasteiger partial charge in [0.1, 0.15) is 0 Å². The highest BCUT2D eigenvalue weighted by molar-refractivity contribution is 5.77. The average Bonchev–Trinajstić information content (AvgIpc) is 2.26. The van der Waals surface area contributed by atoms with Crippen LogP contribution in [0.2, 0.25) is 0 Å².